The SMILES string of the molecule is CCOC1CC(NC(=O)NCc2ccc(C(=O)O)cc2)C12CCC2. The third kappa shape index (κ3) is 3.11. The number of aromatic carboxylic acids is 1. The summed E-state index contributed by atoms with van der Waals surface area (Å²) in [7, 11) is 0. The summed E-state index contributed by atoms with van der Waals surface area (Å²) >= 11 is 0. The Bertz CT molecular complexity index is 610. The minimum Gasteiger partial charge on any atom is -0.478 e. The van der Waals surface area contributed by atoms with Crippen LogP contribution in [0.3, 0.4) is 0 Å². The summed E-state index contributed by atoms with van der Waals surface area (Å²) in [6, 6.07) is 6.52. The van der Waals surface area contributed by atoms with E-state index < -0.39 is 5.97 Å². The Labute approximate surface area is 141 Å². The van der Waals surface area contributed by atoms with Crippen LogP contribution in [0, 0.1) is 5.41 Å². The number of nitrogens with one attached hydrogen (secondary N) is 2. The lowest BCUT2D eigenvalue weighted by molar-refractivity contribution is -0.169. The highest BCUT2D eigenvalue weighted by atomic mass is 16.5. The fraction of sp³-hybridized carbons (Fsp3) is 0.556. The van der Waals surface area contributed by atoms with Gasteiger partial charge in [-0.25, -0.2) is 9.59 Å². The normalized spacial score (nSPS) is 23.9. The predicted molar refractivity (Wildman–Crippen MR) is 88.9 cm³/mol. The van der Waals surface area contributed by atoms with Crippen molar-refractivity contribution in [2.75, 3.05) is 6.61 Å². The molecule has 130 valence electrons. The molecule has 2 fully saturated rings. The zero-order valence-corrected chi connectivity index (χ0v) is 13.9. The van der Waals surface area contributed by atoms with Crippen molar-refractivity contribution in [2.45, 2.75) is 51.3 Å². The Hall–Kier alpha value is -2.08. The molecule has 2 aliphatic carbocycles. The zero-order chi connectivity index (χ0) is 17.2. The maximum atomic E-state index is 12.1. The second-order valence-electron chi connectivity index (χ2n) is 6.65. The molecule has 2 aliphatic rings. The number of ether oxygens (including phenoxy) is 1. The number of benzene rings is 1. The number of urea groups is 1. The first kappa shape index (κ1) is 16.8. The Morgan fingerprint density at radius 2 is 2.00 bits per heavy atom. The number of carboxylic acids is 1. The third-order valence-electron chi connectivity index (χ3n) is 5.40. The van der Waals surface area contributed by atoms with E-state index in [1.165, 1.54) is 6.42 Å². The first-order valence-electron chi connectivity index (χ1n) is 8.53. The van der Waals surface area contributed by atoms with Crippen molar-refractivity contribution in [2.24, 2.45) is 5.41 Å². The van der Waals surface area contributed by atoms with E-state index in [-0.39, 0.29) is 29.2 Å². The van der Waals surface area contributed by atoms with E-state index in [1.54, 1.807) is 24.3 Å². The molecule has 6 heteroatoms. The number of rotatable bonds is 6. The van der Waals surface area contributed by atoms with Gasteiger partial charge in [-0.2, -0.15) is 0 Å². The van der Waals surface area contributed by atoms with E-state index >= 15 is 0 Å². The zero-order valence-electron chi connectivity index (χ0n) is 13.9. The number of hydrogen-bond donors (Lipinski definition) is 3. The van der Waals surface area contributed by atoms with Crippen LogP contribution >= 0.6 is 0 Å². The summed E-state index contributed by atoms with van der Waals surface area (Å²) in [5.41, 5.74) is 1.26. The van der Waals surface area contributed by atoms with E-state index in [1.807, 2.05) is 6.92 Å². The van der Waals surface area contributed by atoms with Gasteiger partial charge in [-0.05, 0) is 43.9 Å². The van der Waals surface area contributed by atoms with Crippen LogP contribution in [0.2, 0.25) is 0 Å². The van der Waals surface area contributed by atoms with Crippen molar-refractivity contribution in [1.29, 1.82) is 0 Å². The molecule has 0 heterocycles. The van der Waals surface area contributed by atoms with Crippen LogP contribution in [0.15, 0.2) is 24.3 Å². The Balaban J connectivity index is 1.47. The predicted octanol–water partition coefficient (Wildman–Crippen LogP) is 2.53. The largest absolute Gasteiger partial charge is 0.478 e. The van der Waals surface area contributed by atoms with Crippen molar-refractivity contribution < 1.29 is 19.4 Å². The van der Waals surface area contributed by atoms with Crippen LogP contribution in [0.25, 0.3) is 0 Å². The minimum absolute atomic E-state index is 0.149. The van der Waals surface area contributed by atoms with Crippen LogP contribution in [0.5, 0.6) is 0 Å². The summed E-state index contributed by atoms with van der Waals surface area (Å²) in [5.74, 6) is -0.952. The highest BCUT2D eigenvalue weighted by molar-refractivity contribution is 5.87. The maximum Gasteiger partial charge on any atom is 0.335 e. The molecular formula is C18H24N2O4. The first-order chi connectivity index (χ1) is 11.5. The average molecular weight is 332 g/mol. The molecule has 0 bridgehead atoms. The molecule has 1 aromatic carbocycles. The molecule has 0 aromatic heterocycles. The molecule has 0 aliphatic heterocycles. The van der Waals surface area contributed by atoms with Crippen molar-refractivity contribution in [3.05, 3.63) is 35.4 Å². The molecule has 2 saturated carbocycles. The van der Waals surface area contributed by atoms with Gasteiger partial charge in [0.25, 0.3) is 0 Å². The molecule has 2 atom stereocenters. The molecule has 24 heavy (non-hydrogen) atoms. The van der Waals surface area contributed by atoms with Gasteiger partial charge >= 0.3 is 12.0 Å². The Morgan fingerprint density at radius 1 is 1.29 bits per heavy atom. The molecular weight excluding hydrogens is 308 g/mol. The van der Waals surface area contributed by atoms with Crippen LogP contribution in [-0.2, 0) is 11.3 Å². The summed E-state index contributed by atoms with van der Waals surface area (Å²) in [5, 5.41) is 14.8. The van der Waals surface area contributed by atoms with Gasteiger partial charge in [0, 0.05) is 24.6 Å². The summed E-state index contributed by atoms with van der Waals surface area (Å²) in [6.45, 7) is 3.10. The Morgan fingerprint density at radius 3 is 2.54 bits per heavy atom. The van der Waals surface area contributed by atoms with E-state index in [0.29, 0.717) is 6.54 Å². The van der Waals surface area contributed by atoms with Crippen LogP contribution in [0.1, 0.15) is 48.5 Å². The molecule has 1 aromatic rings. The number of amides is 2. The standard InChI is InChI=1S/C18H24N2O4/c1-2-24-15-10-14(18(15)8-3-9-18)20-17(23)19-11-12-4-6-13(7-5-12)16(21)22/h4-7,14-15H,2-3,8-11H2,1H3,(H,21,22)(H2,19,20,23). The van der Waals surface area contributed by atoms with Crippen LogP contribution < -0.4 is 10.6 Å². The topological polar surface area (TPSA) is 87.7 Å². The average Bonchev–Trinajstić information content (AvgIpc) is 2.50. The maximum absolute atomic E-state index is 12.1. The monoisotopic (exact) mass is 332 g/mol. The van der Waals surface area contributed by atoms with Gasteiger partial charge in [0.2, 0.25) is 0 Å². The van der Waals surface area contributed by atoms with Crippen LogP contribution in [-0.4, -0.2) is 35.9 Å². The number of carboxylic acid groups (broad SMARTS) is 1. The van der Waals surface area contributed by atoms with E-state index in [2.05, 4.69) is 10.6 Å². The second kappa shape index (κ2) is 6.81. The lowest BCUT2D eigenvalue weighted by Crippen LogP contribution is -2.68. The minimum atomic E-state index is -0.952. The molecule has 2 unspecified atom stereocenters. The van der Waals surface area contributed by atoms with Gasteiger partial charge in [0.1, 0.15) is 0 Å². The van der Waals surface area contributed by atoms with Gasteiger partial charge in [0.05, 0.1) is 11.7 Å². The molecule has 3 rings (SSSR count). The van der Waals surface area contributed by atoms with Crippen molar-refractivity contribution >= 4 is 12.0 Å². The lowest BCUT2D eigenvalue weighted by Gasteiger charge is -2.60. The quantitative estimate of drug-likeness (QED) is 0.747. The summed E-state index contributed by atoms with van der Waals surface area (Å²) in [6.07, 6.45) is 4.62. The highest BCUT2D eigenvalue weighted by Gasteiger charge is 2.59. The van der Waals surface area contributed by atoms with Crippen molar-refractivity contribution in [3.63, 3.8) is 0 Å². The van der Waals surface area contributed by atoms with Gasteiger partial charge in [-0.15, -0.1) is 0 Å². The van der Waals surface area contributed by atoms with Crippen molar-refractivity contribution in [3.8, 4) is 0 Å². The molecule has 1 spiro atoms. The number of carbonyl (C=O) groups excluding carboxylic acids is 1. The highest BCUT2D eigenvalue weighted by Crippen LogP contribution is 2.57. The van der Waals surface area contributed by atoms with Gasteiger partial charge in [0.15, 0.2) is 0 Å². The lowest BCUT2D eigenvalue weighted by atomic mass is 9.51. The molecule has 3 N–H and O–H groups in total. The van der Waals surface area contributed by atoms with Gasteiger partial charge < -0.3 is 20.5 Å². The molecule has 2 amide bonds. The smallest absolute Gasteiger partial charge is 0.335 e. The fourth-order valence-corrected chi connectivity index (χ4v) is 3.80. The first-order valence-corrected chi connectivity index (χ1v) is 8.53. The van der Waals surface area contributed by atoms with Crippen molar-refractivity contribution in [1.82, 2.24) is 10.6 Å². The second-order valence-corrected chi connectivity index (χ2v) is 6.65. The fourth-order valence-electron chi connectivity index (χ4n) is 3.80. The van der Waals surface area contributed by atoms with E-state index in [9.17, 15) is 9.59 Å². The van der Waals surface area contributed by atoms with Crippen LogP contribution in [0.4, 0.5) is 4.79 Å². The third-order valence-corrected chi connectivity index (χ3v) is 5.40. The van der Waals surface area contributed by atoms with E-state index in [4.69, 9.17) is 9.84 Å². The van der Waals surface area contributed by atoms with Gasteiger partial charge in [-0.1, -0.05) is 18.6 Å². The number of carbonyl (C=O) groups is 2. The summed E-state index contributed by atoms with van der Waals surface area (Å²) < 4.78 is 5.79. The molecule has 0 radical (unpaired) electrons. The van der Waals surface area contributed by atoms with E-state index in [0.717, 1.165) is 31.4 Å². The molecule has 0 saturated heterocycles. The summed E-state index contributed by atoms with van der Waals surface area (Å²) in [4.78, 5) is 22.9. The Kier molecular flexibility index (Phi) is 4.76. The number of hydrogen-bond acceptors (Lipinski definition) is 3. The molecule has 6 nitrogen and oxygen atoms in total. The van der Waals surface area contributed by atoms with Gasteiger partial charge in [-0.3, -0.25) is 0 Å².